The van der Waals surface area contributed by atoms with Gasteiger partial charge in [-0.1, -0.05) is 34.6 Å². The van der Waals surface area contributed by atoms with Crippen LogP contribution in [0, 0.1) is 0 Å². The maximum absolute atomic E-state index is 9.37. The average molecular weight is 447 g/mol. The first-order chi connectivity index (χ1) is 11.4. The number of rotatable bonds is 5. The second-order valence-electron chi connectivity index (χ2n) is 3.69. The molecule has 27 heavy (non-hydrogen) atoms. The van der Waals surface area contributed by atoms with Gasteiger partial charge in [-0.25, -0.2) is 0 Å². The van der Waals surface area contributed by atoms with E-state index < -0.39 is 29.8 Å². The molecule has 0 aliphatic carbocycles. The van der Waals surface area contributed by atoms with Crippen molar-refractivity contribution in [3.63, 3.8) is 0 Å². The largest absolute Gasteiger partial charge is 1.00 e. The molecule has 0 aliphatic heterocycles. The average Bonchev–Trinajstić information content (AvgIpc) is 2.56. The van der Waals surface area contributed by atoms with Gasteiger partial charge in [0.2, 0.25) is 0 Å². The zero-order chi connectivity index (χ0) is 21.4. The Bertz CT molecular complexity index is 292. The molecule has 0 saturated heterocycles. The van der Waals surface area contributed by atoms with Gasteiger partial charge in [0.1, 0.15) is 0 Å². The Balaban J connectivity index is -0.0000000364. The van der Waals surface area contributed by atoms with Crippen molar-refractivity contribution in [2.45, 2.75) is 66.7 Å². The Hall–Kier alpha value is 0.623. The summed E-state index contributed by atoms with van der Waals surface area (Å²) in [4.78, 5) is 46.6. The number of hydrogen-bond acceptors (Lipinski definition) is 7. The standard InChI is InChI=1S/5C3H6O2.2K/c5*1-2-3(4)5;;/h5*2H2,1H3,(H,4,5);;/q;;;;;2*+1/p-2. The molecule has 3 N–H and O–H groups in total. The van der Waals surface area contributed by atoms with Crippen molar-refractivity contribution in [2.24, 2.45) is 0 Å². The first-order valence-electron chi connectivity index (χ1n) is 7.40. The quantitative estimate of drug-likeness (QED) is 0.342. The van der Waals surface area contributed by atoms with E-state index in [0.29, 0.717) is 0 Å². The summed E-state index contributed by atoms with van der Waals surface area (Å²) in [7, 11) is 0. The molecule has 0 spiro atoms. The SMILES string of the molecule is CCC(=O)O.CCC(=O)O.CCC(=O)O.CCC(=O)[O-].CCC(=O)[O-].[K+].[K+]. The van der Waals surface area contributed by atoms with Crippen molar-refractivity contribution >= 4 is 29.8 Å². The molecule has 12 heteroatoms. The molecule has 0 fully saturated rings. The number of aliphatic carboxylic acids is 5. The van der Waals surface area contributed by atoms with Crippen LogP contribution in [0.15, 0.2) is 0 Å². The monoisotopic (exact) mass is 446 g/mol. The van der Waals surface area contributed by atoms with Gasteiger partial charge in [-0.05, 0) is 12.8 Å². The van der Waals surface area contributed by atoms with Gasteiger partial charge in [0.05, 0.1) is 0 Å². The van der Waals surface area contributed by atoms with Crippen molar-refractivity contribution in [1.29, 1.82) is 0 Å². The molecule has 0 aromatic heterocycles. The van der Waals surface area contributed by atoms with E-state index in [1.807, 2.05) is 0 Å². The maximum Gasteiger partial charge on any atom is 1.00 e. The predicted octanol–water partition coefficient (Wildman–Crippen LogP) is -6.26. The number of carboxylic acids is 5. The van der Waals surface area contributed by atoms with Crippen molar-refractivity contribution in [3.8, 4) is 0 Å². The Morgan fingerprint density at radius 1 is 0.519 bits per heavy atom. The third-order valence-corrected chi connectivity index (χ3v) is 1.48. The molecule has 150 valence electrons. The molecule has 0 amide bonds. The van der Waals surface area contributed by atoms with Crippen LogP contribution in [-0.2, 0) is 24.0 Å². The number of hydrogen-bond donors (Lipinski definition) is 3. The zero-order valence-electron chi connectivity index (χ0n) is 17.2. The van der Waals surface area contributed by atoms with Crippen LogP contribution in [0.3, 0.4) is 0 Å². The second kappa shape index (κ2) is 41.1. The molecule has 10 nitrogen and oxygen atoms in total. The molecule has 0 unspecified atom stereocenters. The van der Waals surface area contributed by atoms with E-state index in [2.05, 4.69) is 0 Å². The van der Waals surface area contributed by atoms with Crippen molar-refractivity contribution in [1.82, 2.24) is 0 Å². The summed E-state index contributed by atoms with van der Waals surface area (Å²) in [6.07, 6.45) is 0.889. The molecule has 0 aromatic carbocycles. The smallest absolute Gasteiger partial charge is 0.550 e. The number of carbonyl (C=O) groups is 5. The van der Waals surface area contributed by atoms with Gasteiger partial charge in [0.25, 0.3) is 0 Å². The minimum absolute atomic E-state index is 0. The number of carboxylic acid groups (broad SMARTS) is 5. The zero-order valence-corrected chi connectivity index (χ0v) is 23.5. The summed E-state index contributed by atoms with van der Waals surface area (Å²) in [5, 5.41) is 41.7. The molecular formula is C15H28K2O10. The van der Waals surface area contributed by atoms with E-state index >= 15 is 0 Å². The molecule has 0 aliphatic rings. The first-order valence-corrected chi connectivity index (χ1v) is 7.40. The fourth-order valence-corrected chi connectivity index (χ4v) is 0. The van der Waals surface area contributed by atoms with E-state index in [9.17, 15) is 34.2 Å². The fraction of sp³-hybridized carbons (Fsp3) is 0.667. The van der Waals surface area contributed by atoms with Gasteiger partial charge < -0.3 is 35.1 Å². The predicted molar refractivity (Wildman–Crippen MR) is 84.4 cm³/mol. The van der Waals surface area contributed by atoms with Crippen LogP contribution >= 0.6 is 0 Å². The van der Waals surface area contributed by atoms with Gasteiger partial charge in [0.15, 0.2) is 0 Å². The van der Waals surface area contributed by atoms with E-state index in [1.165, 1.54) is 13.8 Å². The molecule has 0 saturated carbocycles. The summed E-state index contributed by atoms with van der Waals surface area (Å²) >= 11 is 0. The van der Waals surface area contributed by atoms with Crippen LogP contribution in [0.2, 0.25) is 0 Å². The fourth-order valence-electron chi connectivity index (χ4n) is 0. The topological polar surface area (TPSA) is 192 Å². The number of carbonyl (C=O) groups excluding carboxylic acids is 2. The molecule has 0 atom stereocenters. The third kappa shape index (κ3) is 143. The molecule has 0 rings (SSSR count). The Labute approximate surface area is 244 Å². The minimum Gasteiger partial charge on any atom is -0.550 e. The van der Waals surface area contributed by atoms with Gasteiger partial charge in [-0.15, -0.1) is 0 Å². The van der Waals surface area contributed by atoms with Crippen molar-refractivity contribution in [2.75, 3.05) is 0 Å². The van der Waals surface area contributed by atoms with Crippen LogP contribution in [0.5, 0.6) is 0 Å². The van der Waals surface area contributed by atoms with E-state index in [4.69, 9.17) is 15.3 Å². The normalized spacial score (nSPS) is 6.85. The Morgan fingerprint density at radius 2 is 0.593 bits per heavy atom. The maximum atomic E-state index is 9.37. The molecule has 0 heterocycles. The Morgan fingerprint density at radius 3 is 0.593 bits per heavy atom. The summed E-state index contributed by atoms with van der Waals surface area (Å²) in [5.41, 5.74) is 0. The van der Waals surface area contributed by atoms with Crippen LogP contribution in [-0.4, -0.2) is 45.2 Å². The summed E-state index contributed by atoms with van der Waals surface area (Å²) in [6, 6.07) is 0. The van der Waals surface area contributed by atoms with E-state index in [1.54, 1.807) is 20.8 Å². The Kier molecular flexibility index (Phi) is 70.1. The summed E-state index contributed by atoms with van der Waals surface area (Å²) in [5.74, 6) is -4.23. The first kappa shape index (κ1) is 46.0. The molecule has 0 aromatic rings. The van der Waals surface area contributed by atoms with Gasteiger partial charge >= 0.3 is 121 Å². The van der Waals surface area contributed by atoms with Crippen LogP contribution in [0.1, 0.15) is 66.7 Å². The summed E-state index contributed by atoms with van der Waals surface area (Å²) in [6.45, 7) is 7.87. The van der Waals surface area contributed by atoms with Crippen LogP contribution in [0.25, 0.3) is 0 Å². The molecule has 0 bridgehead atoms. The van der Waals surface area contributed by atoms with E-state index in [-0.39, 0.29) is 135 Å². The van der Waals surface area contributed by atoms with Gasteiger partial charge in [-0.3, -0.25) is 14.4 Å². The van der Waals surface area contributed by atoms with Crippen LogP contribution in [0.4, 0.5) is 0 Å². The minimum atomic E-state index is -0.995. The molecular weight excluding hydrogens is 418 g/mol. The molecule has 0 radical (unpaired) electrons. The third-order valence-electron chi connectivity index (χ3n) is 1.48. The van der Waals surface area contributed by atoms with Gasteiger partial charge in [0, 0.05) is 31.2 Å². The van der Waals surface area contributed by atoms with E-state index in [0.717, 1.165) is 0 Å². The summed E-state index contributed by atoms with van der Waals surface area (Å²) < 4.78 is 0. The van der Waals surface area contributed by atoms with Crippen LogP contribution < -0.4 is 113 Å². The van der Waals surface area contributed by atoms with Crippen molar-refractivity contribution < 1.29 is 152 Å². The van der Waals surface area contributed by atoms with Crippen molar-refractivity contribution in [3.05, 3.63) is 0 Å². The van der Waals surface area contributed by atoms with Gasteiger partial charge in [-0.2, -0.15) is 0 Å². The second-order valence-corrected chi connectivity index (χ2v) is 3.69.